The summed E-state index contributed by atoms with van der Waals surface area (Å²) < 4.78 is 6.09. The maximum absolute atomic E-state index is 13.3. The molecule has 4 rings (SSSR count). The number of thiophene rings is 1. The second kappa shape index (κ2) is 11.4. The van der Waals surface area contributed by atoms with E-state index in [2.05, 4.69) is 31.5 Å². The molecule has 0 fully saturated rings. The number of fused-ring (bicyclic) bond motifs is 1. The van der Waals surface area contributed by atoms with Crippen LogP contribution < -0.4 is 10.6 Å². The Kier molecular flexibility index (Phi) is 8.09. The molecule has 0 radical (unpaired) electrons. The molecule has 0 atom stereocenters. The van der Waals surface area contributed by atoms with E-state index in [-0.39, 0.29) is 18.1 Å². The van der Waals surface area contributed by atoms with Crippen molar-refractivity contribution < 1.29 is 19.1 Å². The summed E-state index contributed by atoms with van der Waals surface area (Å²) in [4.78, 5) is 44.4. The average molecular weight is 554 g/mol. The Balaban J connectivity index is 1.71. The summed E-state index contributed by atoms with van der Waals surface area (Å²) >= 11 is 4.75. The van der Waals surface area contributed by atoms with Crippen LogP contribution in [-0.2, 0) is 22.4 Å². The zero-order valence-electron chi connectivity index (χ0n) is 19.1. The SMILES string of the molecule is CCOC(=O)c1c(NC(=CC(=O)c2ccccc2)C(=O)Nc2ccc(Br)cn2)sc2c1CCCC2. The third-order valence-electron chi connectivity index (χ3n) is 5.45. The number of carbonyl (C=O) groups excluding carboxylic acids is 3. The number of rotatable bonds is 8. The highest BCUT2D eigenvalue weighted by Gasteiger charge is 2.28. The van der Waals surface area contributed by atoms with Crippen LogP contribution in [0.2, 0.25) is 0 Å². The van der Waals surface area contributed by atoms with Gasteiger partial charge < -0.3 is 15.4 Å². The fourth-order valence-electron chi connectivity index (χ4n) is 3.80. The Morgan fingerprint density at radius 1 is 1.09 bits per heavy atom. The molecule has 0 aliphatic heterocycles. The number of esters is 1. The van der Waals surface area contributed by atoms with Gasteiger partial charge in [0.15, 0.2) is 5.78 Å². The molecule has 180 valence electrons. The van der Waals surface area contributed by atoms with Crippen LogP contribution in [-0.4, -0.2) is 29.3 Å². The minimum absolute atomic E-state index is 0.00715. The molecule has 0 bridgehead atoms. The van der Waals surface area contributed by atoms with Crippen LogP contribution in [0, 0.1) is 0 Å². The van der Waals surface area contributed by atoms with E-state index in [0.717, 1.165) is 40.6 Å². The number of nitrogens with one attached hydrogen (secondary N) is 2. The molecule has 1 aromatic carbocycles. The van der Waals surface area contributed by atoms with Crippen LogP contribution in [0.25, 0.3) is 0 Å². The number of hydrogen-bond donors (Lipinski definition) is 2. The number of allylic oxidation sites excluding steroid dienone is 1. The van der Waals surface area contributed by atoms with Crippen molar-refractivity contribution in [2.24, 2.45) is 0 Å². The standard InChI is InChI=1S/C26H24BrN3O4S/c1-2-34-26(33)23-18-10-6-7-11-21(18)35-25(23)29-19(14-20(31)16-8-4-3-5-9-16)24(32)30-22-13-12-17(27)15-28-22/h3-5,8-9,12-15,29H,2,6-7,10-11H2,1H3,(H,28,30,32). The first-order valence-corrected chi connectivity index (χ1v) is 12.9. The Labute approximate surface area is 215 Å². The summed E-state index contributed by atoms with van der Waals surface area (Å²) in [7, 11) is 0. The van der Waals surface area contributed by atoms with Gasteiger partial charge in [-0.1, -0.05) is 30.3 Å². The number of nitrogens with zero attached hydrogens (tertiary/aromatic N) is 1. The monoisotopic (exact) mass is 553 g/mol. The smallest absolute Gasteiger partial charge is 0.341 e. The van der Waals surface area contributed by atoms with Crippen molar-refractivity contribution in [3.05, 3.63) is 86.5 Å². The van der Waals surface area contributed by atoms with E-state index in [1.54, 1.807) is 49.5 Å². The van der Waals surface area contributed by atoms with Crippen LogP contribution in [0.4, 0.5) is 10.8 Å². The highest BCUT2D eigenvalue weighted by atomic mass is 79.9. The number of anilines is 2. The maximum Gasteiger partial charge on any atom is 0.341 e. The van der Waals surface area contributed by atoms with Crippen LogP contribution in [0.1, 0.15) is 50.9 Å². The van der Waals surface area contributed by atoms with Crippen molar-refractivity contribution in [1.82, 2.24) is 4.98 Å². The summed E-state index contributed by atoms with van der Waals surface area (Å²) in [6.07, 6.45) is 6.48. The third kappa shape index (κ3) is 6.04. The van der Waals surface area contributed by atoms with Gasteiger partial charge in [0, 0.05) is 27.2 Å². The van der Waals surface area contributed by atoms with E-state index < -0.39 is 11.9 Å². The molecule has 1 aliphatic rings. The molecule has 1 amide bonds. The summed E-state index contributed by atoms with van der Waals surface area (Å²) in [5.74, 6) is -0.997. The fraction of sp³-hybridized carbons (Fsp3) is 0.231. The van der Waals surface area contributed by atoms with Crippen molar-refractivity contribution in [2.75, 3.05) is 17.2 Å². The molecule has 35 heavy (non-hydrogen) atoms. The van der Waals surface area contributed by atoms with Gasteiger partial charge >= 0.3 is 5.97 Å². The van der Waals surface area contributed by atoms with Crippen molar-refractivity contribution in [2.45, 2.75) is 32.6 Å². The van der Waals surface area contributed by atoms with Gasteiger partial charge in [-0.15, -0.1) is 11.3 Å². The first-order chi connectivity index (χ1) is 17.0. The highest BCUT2D eigenvalue weighted by Crippen LogP contribution is 2.39. The number of halogens is 1. The van der Waals surface area contributed by atoms with Gasteiger partial charge in [0.2, 0.25) is 0 Å². The minimum Gasteiger partial charge on any atom is -0.462 e. The number of hydrogen-bond acceptors (Lipinski definition) is 7. The summed E-state index contributed by atoms with van der Waals surface area (Å²) in [5.41, 5.74) is 1.86. The van der Waals surface area contributed by atoms with E-state index in [1.165, 1.54) is 17.4 Å². The van der Waals surface area contributed by atoms with Gasteiger partial charge in [0.25, 0.3) is 5.91 Å². The Morgan fingerprint density at radius 3 is 2.57 bits per heavy atom. The van der Waals surface area contributed by atoms with Gasteiger partial charge in [-0.05, 0) is 66.2 Å². The Morgan fingerprint density at radius 2 is 1.86 bits per heavy atom. The first-order valence-electron chi connectivity index (χ1n) is 11.3. The third-order valence-corrected chi connectivity index (χ3v) is 7.12. The number of amides is 1. The van der Waals surface area contributed by atoms with Gasteiger partial charge in [-0.3, -0.25) is 9.59 Å². The quantitative estimate of drug-likeness (QED) is 0.208. The van der Waals surface area contributed by atoms with E-state index in [4.69, 9.17) is 4.74 Å². The van der Waals surface area contributed by atoms with Gasteiger partial charge in [-0.25, -0.2) is 9.78 Å². The normalized spacial score (nSPS) is 13.0. The lowest BCUT2D eigenvalue weighted by molar-refractivity contribution is -0.112. The number of pyridine rings is 1. The molecule has 0 saturated carbocycles. The van der Waals surface area contributed by atoms with E-state index in [1.807, 2.05) is 6.07 Å². The van der Waals surface area contributed by atoms with E-state index >= 15 is 0 Å². The van der Waals surface area contributed by atoms with Crippen molar-refractivity contribution in [3.63, 3.8) is 0 Å². The minimum atomic E-state index is -0.551. The molecule has 2 heterocycles. The molecule has 1 aliphatic carbocycles. The molecule has 3 aromatic rings. The van der Waals surface area contributed by atoms with Crippen LogP contribution in [0.15, 0.2) is 64.9 Å². The summed E-state index contributed by atoms with van der Waals surface area (Å²) in [6, 6.07) is 12.1. The molecule has 7 nitrogen and oxygen atoms in total. The largest absolute Gasteiger partial charge is 0.462 e. The topological polar surface area (TPSA) is 97.4 Å². The van der Waals surface area contributed by atoms with Crippen LogP contribution in [0.5, 0.6) is 0 Å². The number of benzene rings is 1. The summed E-state index contributed by atoms with van der Waals surface area (Å²) in [6.45, 7) is 2.00. The van der Waals surface area contributed by atoms with Gasteiger partial charge in [-0.2, -0.15) is 0 Å². The molecular weight excluding hydrogens is 530 g/mol. The molecule has 0 saturated heterocycles. The molecule has 9 heteroatoms. The zero-order valence-corrected chi connectivity index (χ0v) is 21.5. The van der Waals surface area contributed by atoms with Gasteiger partial charge in [0.1, 0.15) is 16.5 Å². The van der Waals surface area contributed by atoms with Crippen molar-refractivity contribution >= 4 is 55.7 Å². The molecule has 2 aromatic heterocycles. The second-order valence-electron chi connectivity index (χ2n) is 7.86. The lowest BCUT2D eigenvalue weighted by atomic mass is 9.95. The zero-order chi connectivity index (χ0) is 24.8. The molecular formula is C26H24BrN3O4S. The number of carbonyl (C=O) groups is 3. The molecule has 0 spiro atoms. The van der Waals surface area contributed by atoms with Crippen molar-refractivity contribution in [3.8, 4) is 0 Å². The van der Waals surface area contributed by atoms with E-state index in [9.17, 15) is 14.4 Å². The Hall–Kier alpha value is -3.30. The van der Waals surface area contributed by atoms with Crippen LogP contribution in [0.3, 0.4) is 0 Å². The predicted octanol–water partition coefficient (Wildman–Crippen LogP) is 5.78. The number of ketones is 1. The highest BCUT2D eigenvalue weighted by molar-refractivity contribution is 9.10. The molecule has 0 unspecified atom stereocenters. The first kappa shape index (κ1) is 24.8. The van der Waals surface area contributed by atoms with Gasteiger partial charge in [0.05, 0.1) is 12.2 Å². The predicted molar refractivity (Wildman–Crippen MR) is 140 cm³/mol. The van der Waals surface area contributed by atoms with Crippen molar-refractivity contribution in [1.29, 1.82) is 0 Å². The number of aromatic nitrogens is 1. The fourth-order valence-corrected chi connectivity index (χ4v) is 5.33. The second-order valence-corrected chi connectivity index (χ2v) is 9.89. The van der Waals surface area contributed by atoms with Crippen LogP contribution >= 0.6 is 27.3 Å². The lowest BCUT2D eigenvalue weighted by Gasteiger charge is -2.13. The lowest BCUT2D eigenvalue weighted by Crippen LogP contribution is -2.22. The average Bonchev–Trinajstić information content (AvgIpc) is 3.23. The maximum atomic E-state index is 13.3. The van der Waals surface area contributed by atoms with E-state index in [0.29, 0.717) is 21.9 Å². The number of ether oxygens (including phenoxy) is 1. The number of aryl methyl sites for hydroxylation is 1. The summed E-state index contributed by atoms with van der Waals surface area (Å²) in [5, 5.41) is 6.30. The molecule has 2 N–H and O–H groups in total. The Bertz CT molecular complexity index is 1270.